The summed E-state index contributed by atoms with van der Waals surface area (Å²) in [6.07, 6.45) is -4.69. The van der Waals surface area contributed by atoms with Gasteiger partial charge < -0.3 is 0 Å². The third-order valence-electron chi connectivity index (χ3n) is 2.51. The van der Waals surface area contributed by atoms with Crippen LogP contribution in [0.25, 0.3) is 11.1 Å². The van der Waals surface area contributed by atoms with E-state index in [2.05, 4.69) is 0 Å². The smallest absolute Gasteiger partial charge is 0.207 e. The van der Waals surface area contributed by atoms with Crippen LogP contribution in [0.1, 0.15) is 5.56 Å². The molecule has 0 aliphatic rings. The molecule has 100 valence electrons. The number of hydrogen-bond donors (Lipinski definition) is 0. The number of hydrogen-bond acceptors (Lipinski definition) is 0. The van der Waals surface area contributed by atoms with E-state index in [1.165, 1.54) is 0 Å². The highest BCUT2D eigenvalue weighted by Crippen LogP contribution is 2.33. The second-order valence-electron chi connectivity index (χ2n) is 3.82. The SMILES string of the molecule is Fc1ccc(F)c(-c2ccc(C(F)(F)F)cc2F)c1. The third kappa shape index (κ3) is 2.72. The zero-order chi connectivity index (χ0) is 14.2. The molecule has 0 radical (unpaired) electrons. The molecule has 2 aromatic carbocycles. The quantitative estimate of drug-likeness (QED) is 0.657. The van der Waals surface area contributed by atoms with Crippen molar-refractivity contribution in [2.45, 2.75) is 6.18 Å². The van der Waals surface area contributed by atoms with Crippen LogP contribution in [0, 0.1) is 17.5 Å². The molecule has 0 unspecified atom stereocenters. The van der Waals surface area contributed by atoms with Crippen molar-refractivity contribution in [1.82, 2.24) is 0 Å². The predicted molar refractivity (Wildman–Crippen MR) is 56.8 cm³/mol. The molecule has 0 fully saturated rings. The number of halogens is 6. The second kappa shape index (κ2) is 4.60. The first kappa shape index (κ1) is 13.5. The Hall–Kier alpha value is -1.98. The van der Waals surface area contributed by atoms with E-state index in [1.807, 2.05) is 0 Å². The number of alkyl halides is 3. The summed E-state index contributed by atoms with van der Waals surface area (Å²) in [4.78, 5) is 0. The van der Waals surface area contributed by atoms with Gasteiger partial charge >= 0.3 is 6.18 Å². The highest BCUT2D eigenvalue weighted by molar-refractivity contribution is 5.65. The fourth-order valence-electron chi connectivity index (χ4n) is 1.61. The van der Waals surface area contributed by atoms with E-state index in [0.29, 0.717) is 6.07 Å². The molecule has 0 saturated carbocycles. The lowest BCUT2D eigenvalue weighted by atomic mass is 10.0. The molecule has 0 aromatic heterocycles. The monoisotopic (exact) mass is 276 g/mol. The first-order valence-electron chi connectivity index (χ1n) is 5.11. The Morgan fingerprint density at radius 3 is 1.95 bits per heavy atom. The maximum atomic E-state index is 13.6. The van der Waals surface area contributed by atoms with Gasteiger partial charge in [0.1, 0.15) is 17.5 Å². The fourth-order valence-corrected chi connectivity index (χ4v) is 1.61. The summed E-state index contributed by atoms with van der Waals surface area (Å²) in [5, 5.41) is 0. The largest absolute Gasteiger partial charge is 0.416 e. The topological polar surface area (TPSA) is 0 Å². The van der Waals surface area contributed by atoms with E-state index >= 15 is 0 Å². The van der Waals surface area contributed by atoms with Gasteiger partial charge in [0, 0.05) is 11.1 Å². The minimum Gasteiger partial charge on any atom is -0.207 e. The van der Waals surface area contributed by atoms with Crippen molar-refractivity contribution in [1.29, 1.82) is 0 Å². The van der Waals surface area contributed by atoms with Gasteiger partial charge in [0.25, 0.3) is 0 Å². The maximum absolute atomic E-state index is 13.6. The van der Waals surface area contributed by atoms with E-state index in [-0.39, 0.29) is 6.07 Å². The Morgan fingerprint density at radius 2 is 1.37 bits per heavy atom. The highest BCUT2D eigenvalue weighted by Gasteiger charge is 2.31. The number of rotatable bonds is 1. The Bertz CT molecular complexity index is 615. The zero-order valence-electron chi connectivity index (χ0n) is 9.23. The van der Waals surface area contributed by atoms with Gasteiger partial charge in [-0.2, -0.15) is 13.2 Å². The lowest BCUT2D eigenvalue weighted by Crippen LogP contribution is -2.05. The molecule has 0 N–H and O–H groups in total. The Kier molecular flexibility index (Phi) is 3.26. The first-order chi connectivity index (χ1) is 8.79. The van der Waals surface area contributed by atoms with Crippen molar-refractivity contribution in [3.63, 3.8) is 0 Å². The summed E-state index contributed by atoms with van der Waals surface area (Å²) >= 11 is 0. The maximum Gasteiger partial charge on any atom is 0.416 e. The van der Waals surface area contributed by atoms with E-state index in [0.717, 1.165) is 24.3 Å². The van der Waals surface area contributed by atoms with Gasteiger partial charge in [0.2, 0.25) is 0 Å². The third-order valence-corrected chi connectivity index (χ3v) is 2.51. The minimum atomic E-state index is -4.69. The van der Waals surface area contributed by atoms with Gasteiger partial charge in [-0.3, -0.25) is 0 Å². The summed E-state index contributed by atoms with van der Waals surface area (Å²) in [6.45, 7) is 0. The van der Waals surface area contributed by atoms with Crippen molar-refractivity contribution in [2.75, 3.05) is 0 Å². The normalized spacial score (nSPS) is 11.7. The minimum absolute atomic E-state index is 0.250. The van der Waals surface area contributed by atoms with Gasteiger partial charge in [-0.15, -0.1) is 0 Å². The van der Waals surface area contributed by atoms with E-state index < -0.39 is 40.3 Å². The molecule has 19 heavy (non-hydrogen) atoms. The molecular formula is C13H6F6. The van der Waals surface area contributed by atoms with Crippen LogP contribution in [0.15, 0.2) is 36.4 Å². The van der Waals surface area contributed by atoms with Gasteiger partial charge in [0.05, 0.1) is 5.56 Å². The van der Waals surface area contributed by atoms with Crippen LogP contribution in [0.2, 0.25) is 0 Å². The van der Waals surface area contributed by atoms with Crippen LogP contribution < -0.4 is 0 Å². The van der Waals surface area contributed by atoms with Crippen LogP contribution in [0.3, 0.4) is 0 Å². The van der Waals surface area contributed by atoms with Gasteiger partial charge in [-0.05, 0) is 30.3 Å². The van der Waals surface area contributed by atoms with Crippen LogP contribution in [-0.4, -0.2) is 0 Å². The molecule has 0 nitrogen and oxygen atoms in total. The summed E-state index contributed by atoms with van der Waals surface area (Å²) < 4.78 is 77.0. The molecule has 0 aliphatic heterocycles. The van der Waals surface area contributed by atoms with Crippen LogP contribution in [0.4, 0.5) is 26.3 Å². The summed E-state index contributed by atoms with van der Waals surface area (Å²) in [5.74, 6) is -2.99. The molecule has 0 saturated heterocycles. The van der Waals surface area contributed by atoms with Crippen LogP contribution in [-0.2, 0) is 6.18 Å². The van der Waals surface area contributed by atoms with Crippen molar-refractivity contribution in [3.05, 3.63) is 59.4 Å². The number of benzene rings is 2. The lowest BCUT2D eigenvalue weighted by Gasteiger charge is -2.10. The Balaban J connectivity index is 2.55. The molecule has 0 heterocycles. The zero-order valence-corrected chi connectivity index (χ0v) is 9.23. The molecule has 0 spiro atoms. The molecular weight excluding hydrogens is 270 g/mol. The van der Waals surface area contributed by atoms with Crippen LogP contribution >= 0.6 is 0 Å². The summed E-state index contributed by atoms with van der Waals surface area (Å²) in [5.41, 5.74) is -2.04. The Labute approximate surface area is 104 Å². The standard InChI is InChI=1S/C13H6F6/c14-8-2-4-11(15)10(6-8)9-3-1-7(5-12(9)16)13(17,18)19/h1-6H. The van der Waals surface area contributed by atoms with Crippen LogP contribution in [0.5, 0.6) is 0 Å². The van der Waals surface area contributed by atoms with E-state index in [1.54, 1.807) is 0 Å². The van der Waals surface area contributed by atoms with Gasteiger partial charge in [0.15, 0.2) is 0 Å². The van der Waals surface area contributed by atoms with E-state index in [4.69, 9.17) is 0 Å². The molecule has 0 amide bonds. The van der Waals surface area contributed by atoms with Crippen molar-refractivity contribution in [3.8, 4) is 11.1 Å². The second-order valence-corrected chi connectivity index (χ2v) is 3.82. The average Bonchev–Trinajstić information content (AvgIpc) is 2.31. The lowest BCUT2D eigenvalue weighted by molar-refractivity contribution is -0.137. The van der Waals surface area contributed by atoms with Crippen molar-refractivity contribution < 1.29 is 26.3 Å². The molecule has 2 aromatic rings. The van der Waals surface area contributed by atoms with E-state index in [9.17, 15) is 26.3 Å². The predicted octanol–water partition coefficient (Wildman–Crippen LogP) is 4.79. The summed E-state index contributed by atoms with van der Waals surface area (Å²) in [7, 11) is 0. The first-order valence-corrected chi connectivity index (χ1v) is 5.11. The Morgan fingerprint density at radius 1 is 0.684 bits per heavy atom. The van der Waals surface area contributed by atoms with Gasteiger partial charge in [-0.1, -0.05) is 6.07 Å². The van der Waals surface area contributed by atoms with Gasteiger partial charge in [-0.25, -0.2) is 13.2 Å². The fraction of sp³-hybridized carbons (Fsp3) is 0.0769. The highest BCUT2D eigenvalue weighted by atomic mass is 19.4. The molecule has 2 rings (SSSR count). The molecule has 0 aliphatic carbocycles. The summed E-state index contributed by atoms with van der Waals surface area (Å²) in [6, 6.07) is 3.97. The molecule has 6 heteroatoms. The van der Waals surface area contributed by atoms with Crippen molar-refractivity contribution >= 4 is 0 Å². The molecule has 0 bridgehead atoms. The molecule has 0 atom stereocenters. The van der Waals surface area contributed by atoms with Crippen molar-refractivity contribution in [2.24, 2.45) is 0 Å². The average molecular weight is 276 g/mol.